The average Bonchev–Trinajstić information content (AvgIpc) is 2.74. The highest BCUT2D eigenvalue weighted by atomic mass is 35.5. The Morgan fingerprint density at radius 2 is 1.80 bits per heavy atom. The van der Waals surface area contributed by atoms with Gasteiger partial charge in [0.25, 0.3) is 0 Å². The summed E-state index contributed by atoms with van der Waals surface area (Å²) in [6, 6.07) is 20.8. The summed E-state index contributed by atoms with van der Waals surface area (Å²) >= 11 is 11.1. The lowest BCUT2D eigenvalue weighted by Gasteiger charge is -2.07. The lowest BCUT2D eigenvalue weighted by atomic mass is 10.2. The highest BCUT2D eigenvalue weighted by molar-refractivity contribution is 7.80. The molecule has 0 saturated carbocycles. The number of hydrogen-bond acceptors (Lipinski definition) is 5. The van der Waals surface area contributed by atoms with Crippen molar-refractivity contribution in [2.45, 2.75) is 0 Å². The third kappa shape index (κ3) is 6.30. The van der Waals surface area contributed by atoms with Crippen molar-refractivity contribution >= 4 is 46.8 Å². The van der Waals surface area contributed by atoms with Crippen LogP contribution < -0.4 is 20.2 Å². The summed E-state index contributed by atoms with van der Waals surface area (Å²) in [7, 11) is 1.56. The maximum Gasteiger partial charge on any atom is 0.343 e. The molecule has 0 amide bonds. The highest BCUT2D eigenvalue weighted by Gasteiger charge is 2.09. The third-order valence-electron chi connectivity index (χ3n) is 3.86. The van der Waals surface area contributed by atoms with Gasteiger partial charge in [-0.2, -0.15) is 5.10 Å². The van der Waals surface area contributed by atoms with Crippen LogP contribution in [0.5, 0.6) is 11.5 Å². The molecular weight excluding hydrogens is 422 g/mol. The lowest BCUT2D eigenvalue weighted by molar-refractivity contribution is 0.0734. The molecule has 0 radical (unpaired) electrons. The van der Waals surface area contributed by atoms with Gasteiger partial charge in [0.2, 0.25) is 0 Å². The van der Waals surface area contributed by atoms with Crippen LogP contribution in [0.4, 0.5) is 5.69 Å². The number of ether oxygens (including phenoxy) is 2. The van der Waals surface area contributed by atoms with E-state index in [4.69, 9.17) is 33.3 Å². The Morgan fingerprint density at radius 3 is 2.53 bits per heavy atom. The molecule has 0 atom stereocenters. The van der Waals surface area contributed by atoms with Crippen molar-refractivity contribution in [2.75, 3.05) is 12.4 Å². The van der Waals surface area contributed by atoms with Gasteiger partial charge in [0.15, 0.2) is 5.11 Å². The largest absolute Gasteiger partial charge is 0.497 e. The molecule has 0 bridgehead atoms. The van der Waals surface area contributed by atoms with Crippen LogP contribution >= 0.6 is 23.8 Å². The van der Waals surface area contributed by atoms with Crippen LogP contribution in [-0.4, -0.2) is 24.4 Å². The fourth-order valence-corrected chi connectivity index (χ4v) is 2.80. The minimum atomic E-state index is -0.461. The van der Waals surface area contributed by atoms with Gasteiger partial charge in [-0.15, -0.1) is 0 Å². The van der Waals surface area contributed by atoms with Gasteiger partial charge in [0.1, 0.15) is 11.5 Å². The summed E-state index contributed by atoms with van der Waals surface area (Å²) in [5.74, 6) is 0.608. The SMILES string of the molecule is COc1ccc(C(=O)Oc2cccc(/C=N/NC(=S)Nc3cccc(Cl)c3)c2)cc1. The molecule has 3 aromatic carbocycles. The molecular formula is C22H18ClN3O3S. The predicted molar refractivity (Wildman–Crippen MR) is 123 cm³/mol. The van der Waals surface area contributed by atoms with Gasteiger partial charge in [0.05, 0.1) is 18.9 Å². The Bertz CT molecular complexity index is 1070. The zero-order valence-electron chi connectivity index (χ0n) is 16.0. The summed E-state index contributed by atoms with van der Waals surface area (Å²) < 4.78 is 10.5. The first-order valence-corrected chi connectivity index (χ1v) is 9.64. The number of benzene rings is 3. The fourth-order valence-electron chi connectivity index (χ4n) is 2.44. The molecule has 3 aromatic rings. The van der Waals surface area contributed by atoms with Gasteiger partial charge in [-0.05, 0) is 72.4 Å². The average molecular weight is 440 g/mol. The van der Waals surface area contributed by atoms with E-state index in [1.807, 2.05) is 18.2 Å². The first-order valence-electron chi connectivity index (χ1n) is 8.85. The second kappa shape index (κ2) is 10.4. The molecule has 0 fully saturated rings. The van der Waals surface area contributed by atoms with Gasteiger partial charge in [-0.3, -0.25) is 5.43 Å². The first-order chi connectivity index (χ1) is 14.5. The lowest BCUT2D eigenvalue weighted by Crippen LogP contribution is -2.23. The van der Waals surface area contributed by atoms with Crippen molar-refractivity contribution in [2.24, 2.45) is 5.10 Å². The van der Waals surface area contributed by atoms with Crippen LogP contribution in [0.2, 0.25) is 5.02 Å². The van der Waals surface area contributed by atoms with Crippen molar-refractivity contribution in [3.05, 3.63) is 88.9 Å². The number of thiocarbonyl (C=S) groups is 1. The fraction of sp³-hybridized carbons (Fsp3) is 0.0455. The standard InChI is InChI=1S/C22H18ClN3O3S/c1-28-19-10-8-16(9-11-19)21(27)29-20-7-2-4-15(12-20)14-24-26-22(30)25-18-6-3-5-17(23)13-18/h2-14H,1H3,(H2,25,26,30)/b24-14+. The van der Waals surface area contributed by atoms with E-state index in [-0.39, 0.29) is 0 Å². The molecule has 0 heterocycles. The third-order valence-corrected chi connectivity index (χ3v) is 4.29. The second-order valence-corrected chi connectivity index (χ2v) is 6.87. The number of hydrogen-bond donors (Lipinski definition) is 2. The van der Waals surface area contributed by atoms with Crippen molar-refractivity contribution < 1.29 is 14.3 Å². The topological polar surface area (TPSA) is 72.0 Å². The number of esters is 1. The summed E-state index contributed by atoms with van der Waals surface area (Å²) in [5.41, 5.74) is 4.63. The highest BCUT2D eigenvalue weighted by Crippen LogP contribution is 2.17. The van der Waals surface area contributed by atoms with E-state index in [0.717, 1.165) is 11.3 Å². The molecule has 0 spiro atoms. The smallest absolute Gasteiger partial charge is 0.343 e. The van der Waals surface area contributed by atoms with Crippen molar-refractivity contribution in [3.8, 4) is 11.5 Å². The monoisotopic (exact) mass is 439 g/mol. The zero-order chi connectivity index (χ0) is 21.3. The molecule has 0 aliphatic carbocycles. The molecule has 3 rings (SSSR count). The Balaban J connectivity index is 1.56. The minimum Gasteiger partial charge on any atom is -0.497 e. The van der Waals surface area contributed by atoms with E-state index >= 15 is 0 Å². The van der Waals surface area contributed by atoms with Crippen molar-refractivity contribution in [3.63, 3.8) is 0 Å². The second-order valence-electron chi connectivity index (χ2n) is 6.02. The number of nitrogens with zero attached hydrogens (tertiary/aromatic N) is 1. The van der Waals surface area contributed by atoms with E-state index in [1.165, 1.54) is 0 Å². The molecule has 30 heavy (non-hydrogen) atoms. The Hall–Kier alpha value is -3.42. The molecule has 0 aromatic heterocycles. The van der Waals surface area contributed by atoms with E-state index in [1.54, 1.807) is 67.9 Å². The van der Waals surface area contributed by atoms with Crippen LogP contribution in [0.3, 0.4) is 0 Å². The molecule has 2 N–H and O–H groups in total. The number of carbonyl (C=O) groups is 1. The Morgan fingerprint density at radius 1 is 1.03 bits per heavy atom. The van der Waals surface area contributed by atoms with Crippen LogP contribution in [-0.2, 0) is 0 Å². The Kier molecular flexibility index (Phi) is 7.37. The molecule has 152 valence electrons. The van der Waals surface area contributed by atoms with E-state index < -0.39 is 5.97 Å². The normalized spacial score (nSPS) is 10.5. The minimum absolute atomic E-state index is 0.315. The molecule has 0 aliphatic heterocycles. The van der Waals surface area contributed by atoms with E-state index in [0.29, 0.717) is 27.2 Å². The molecule has 0 saturated heterocycles. The van der Waals surface area contributed by atoms with Gasteiger partial charge < -0.3 is 14.8 Å². The van der Waals surface area contributed by atoms with Gasteiger partial charge in [-0.1, -0.05) is 29.8 Å². The van der Waals surface area contributed by atoms with Crippen molar-refractivity contribution in [1.29, 1.82) is 0 Å². The number of halogens is 1. The maximum absolute atomic E-state index is 12.3. The predicted octanol–water partition coefficient (Wildman–Crippen LogP) is 4.89. The van der Waals surface area contributed by atoms with Crippen LogP contribution in [0, 0.1) is 0 Å². The van der Waals surface area contributed by atoms with Gasteiger partial charge in [-0.25, -0.2) is 4.79 Å². The van der Waals surface area contributed by atoms with Gasteiger partial charge in [0, 0.05) is 10.7 Å². The summed E-state index contributed by atoms with van der Waals surface area (Å²) in [6.45, 7) is 0. The number of hydrazone groups is 1. The van der Waals surface area contributed by atoms with E-state index in [2.05, 4.69) is 15.8 Å². The number of methoxy groups -OCH3 is 1. The van der Waals surface area contributed by atoms with Crippen LogP contribution in [0.1, 0.15) is 15.9 Å². The van der Waals surface area contributed by atoms with Gasteiger partial charge >= 0.3 is 5.97 Å². The summed E-state index contributed by atoms with van der Waals surface area (Å²) in [4.78, 5) is 12.3. The number of nitrogens with one attached hydrogen (secondary N) is 2. The van der Waals surface area contributed by atoms with E-state index in [9.17, 15) is 4.79 Å². The molecule has 0 aliphatic rings. The quantitative estimate of drug-likeness (QED) is 0.187. The molecule has 0 unspecified atom stereocenters. The van der Waals surface area contributed by atoms with Crippen molar-refractivity contribution in [1.82, 2.24) is 5.43 Å². The molecule has 8 heteroatoms. The number of carbonyl (C=O) groups excluding carboxylic acids is 1. The zero-order valence-corrected chi connectivity index (χ0v) is 17.5. The molecule has 6 nitrogen and oxygen atoms in total. The summed E-state index contributed by atoms with van der Waals surface area (Å²) in [5, 5.41) is 7.99. The first kappa shape index (κ1) is 21.3. The van der Waals surface area contributed by atoms with Crippen LogP contribution in [0.15, 0.2) is 77.9 Å². The van der Waals surface area contributed by atoms with Crippen LogP contribution in [0.25, 0.3) is 0 Å². The summed E-state index contributed by atoms with van der Waals surface area (Å²) in [6.07, 6.45) is 1.57. The number of rotatable bonds is 6. The Labute approximate surface area is 184 Å². The maximum atomic E-state index is 12.3. The number of anilines is 1.